The van der Waals surface area contributed by atoms with E-state index in [2.05, 4.69) is 16.0 Å². The summed E-state index contributed by atoms with van der Waals surface area (Å²) >= 11 is 0. The second-order valence-corrected chi connectivity index (χ2v) is 9.01. The number of carbonyl (C=O) groups excluding carboxylic acids is 1. The van der Waals surface area contributed by atoms with Crippen molar-refractivity contribution in [3.05, 3.63) is 12.7 Å². The highest BCUT2D eigenvalue weighted by Gasteiger charge is 2.29. The normalized spacial score (nSPS) is 13.1. The van der Waals surface area contributed by atoms with Gasteiger partial charge < -0.3 is 4.74 Å². The maximum atomic E-state index is 13.8. The minimum atomic E-state index is -3.60. The molecule has 0 saturated heterocycles. The van der Waals surface area contributed by atoms with Crippen LogP contribution in [0, 0.1) is 5.92 Å². The number of hydrogen-bond acceptors (Lipinski definition) is 4. The Morgan fingerprint density at radius 2 is 1.71 bits per heavy atom. The molecular formula is C16H29F2NO4S. The van der Waals surface area contributed by atoms with Gasteiger partial charge in [0.25, 0.3) is 0 Å². The van der Waals surface area contributed by atoms with E-state index in [0.29, 0.717) is 0 Å². The van der Waals surface area contributed by atoms with Crippen molar-refractivity contribution in [3.8, 4) is 0 Å². The third kappa shape index (κ3) is 13.4. The van der Waals surface area contributed by atoms with Crippen LogP contribution >= 0.6 is 0 Å². The number of nitrogens with one attached hydrogen (secondary N) is 1. The second kappa shape index (κ2) is 9.46. The van der Waals surface area contributed by atoms with E-state index in [1.807, 2.05) is 0 Å². The van der Waals surface area contributed by atoms with Gasteiger partial charge in [-0.2, -0.15) is 0 Å². The van der Waals surface area contributed by atoms with Crippen LogP contribution in [0.5, 0.6) is 0 Å². The van der Waals surface area contributed by atoms with Crippen molar-refractivity contribution in [2.45, 2.75) is 58.3 Å². The Balaban J connectivity index is 4.48. The fourth-order valence-electron chi connectivity index (χ4n) is 2.45. The molecule has 8 heteroatoms. The molecule has 24 heavy (non-hydrogen) atoms. The summed E-state index contributed by atoms with van der Waals surface area (Å²) in [7, 11) is -3.60. The van der Waals surface area contributed by atoms with Crippen molar-refractivity contribution in [1.82, 2.24) is 4.72 Å². The summed E-state index contributed by atoms with van der Waals surface area (Å²) in [5.74, 6) is -1.26. The third-order valence-electron chi connectivity index (χ3n) is 3.18. The van der Waals surface area contributed by atoms with Crippen molar-refractivity contribution in [3.63, 3.8) is 0 Å². The predicted molar refractivity (Wildman–Crippen MR) is 90.7 cm³/mol. The Labute approximate surface area is 143 Å². The number of alkyl halides is 2. The lowest BCUT2D eigenvalue weighted by molar-refractivity contribution is -0.137. The molecule has 0 spiro atoms. The summed E-state index contributed by atoms with van der Waals surface area (Å²) in [4.78, 5) is 10.8. The standard InChI is InChI=1S/C16H29F2NO4S/c1-6-14(20)23-9-8-19-24(21,22)10-7-13(11-15(2,3)17)12-16(4,5)18/h6,13,19H,1,7-12H2,2-5H3. The van der Waals surface area contributed by atoms with E-state index in [-0.39, 0.29) is 44.1 Å². The second-order valence-electron chi connectivity index (χ2n) is 7.09. The molecule has 0 bridgehead atoms. The van der Waals surface area contributed by atoms with Gasteiger partial charge in [-0.3, -0.25) is 0 Å². The minimum Gasteiger partial charge on any atom is -0.461 e. The van der Waals surface area contributed by atoms with Gasteiger partial charge in [0, 0.05) is 12.6 Å². The van der Waals surface area contributed by atoms with Gasteiger partial charge in [0.15, 0.2) is 0 Å². The monoisotopic (exact) mass is 369 g/mol. The summed E-state index contributed by atoms with van der Waals surface area (Å²) in [6.07, 6.45) is 1.32. The topological polar surface area (TPSA) is 72.5 Å². The molecule has 1 N–H and O–H groups in total. The first-order valence-electron chi connectivity index (χ1n) is 7.88. The Morgan fingerprint density at radius 3 is 2.12 bits per heavy atom. The molecule has 142 valence electrons. The molecule has 0 aromatic carbocycles. The van der Waals surface area contributed by atoms with E-state index in [1.54, 1.807) is 0 Å². The first-order valence-corrected chi connectivity index (χ1v) is 9.54. The fourth-order valence-corrected chi connectivity index (χ4v) is 3.63. The van der Waals surface area contributed by atoms with Crippen molar-refractivity contribution in [2.24, 2.45) is 5.92 Å². The van der Waals surface area contributed by atoms with Gasteiger partial charge in [-0.25, -0.2) is 26.7 Å². The zero-order chi connectivity index (χ0) is 19.0. The van der Waals surface area contributed by atoms with Crippen LogP contribution in [0.1, 0.15) is 47.0 Å². The molecule has 0 aliphatic carbocycles. The fraction of sp³-hybridized carbons (Fsp3) is 0.812. The van der Waals surface area contributed by atoms with Crippen molar-refractivity contribution in [1.29, 1.82) is 0 Å². The minimum absolute atomic E-state index is 0.0597. The molecule has 0 aliphatic heterocycles. The van der Waals surface area contributed by atoms with E-state index in [0.717, 1.165) is 6.08 Å². The summed E-state index contributed by atoms with van der Waals surface area (Å²) in [6, 6.07) is 0. The van der Waals surface area contributed by atoms with Crippen molar-refractivity contribution < 1.29 is 26.7 Å². The third-order valence-corrected chi connectivity index (χ3v) is 4.60. The van der Waals surface area contributed by atoms with Crippen LogP contribution in [0.25, 0.3) is 0 Å². The number of halogens is 2. The maximum absolute atomic E-state index is 13.8. The lowest BCUT2D eigenvalue weighted by Crippen LogP contribution is -2.32. The van der Waals surface area contributed by atoms with E-state index < -0.39 is 27.3 Å². The Hall–Kier alpha value is -1.02. The Kier molecular flexibility index (Phi) is 9.06. The molecule has 0 saturated carbocycles. The van der Waals surface area contributed by atoms with Gasteiger partial charge in [0.2, 0.25) is 10.0 Å². The number of ether oxygens (including phenoxy) is 1. The molecule has 0 aromatic heterocycles. The SMILES string of the molecule is C=CC(=O)OCCNS(=O)(=O)CCC(CC(C)(C)F)CC(C)(C)F. The summed E-state index contributed by atoms with van der Waals surface area (Å²) < 4.78 is 58.5. The van der Waals surface area contributed by atoms with Crippen molar-refractivity contribution in [2.75, 3.05) is 18.9 Å². The molecule has 0 atom stereocenters. The molecule has 0 unspecified atom stereocenters. The highest BCUT2D eigenvalue weighted by atomic mass is 32.2. The number of rotatable bonds is 12. The van der Waals surface area contributed by atoms with Crippen LogP contribution < -0.4 is 4.72 Å². The first kappa shape index (κ1) is 23.0. The lowest BCUT2D eigenvalue weighted by Gasteiger charge is -2.27. The largest absolute Gasteiger partial charge is 0.461 e. The molecule has 0 fully saturated rings. The van der Waals surface area contributed by atoms with Crippen LogP contribution in [0.3, 0.4) is 0 Å². The predicted octanol–water partition coefficient (Wildman–Crippen LogP) is 2.92. The van der Waals surface area contributed by atoms with Crippen LogP contribution in [-0.2, 0) is 19.6 Å². The number of hydrogen-bond donors (Lipinski definition) is 1. The lowest BCUT2D eigenvalue weighted by atomic mass is 9.85. The number of esters is 1. The van der Waals surface area contributed by atoms with Crippen molar-refractivity contribution >= 4 is 16.0 Å². The summed E-state index contributed by atoms with van der Waals surface area (Å²) in [5, 5.41) is 0. The van der Waals surface area contributed by atoms with Crippen LogP contribution in [0.4, 0.5) is 8.78 Å². The van der Waals surface area contributed by atoms with Gasteiger partial charge >= 0.3 is 5.97 Å². The van der Waals surface area contributed by atoms with Crippen LogP contribution in [-0.4, -0.2) is 44.6 Å². The maximum Gasteiger partial charge on any atom is 0.330 e. The summed E-state index contributed by atoms with van der Waals surface area (Å²) in [5.41, 5.74) is -2.99. The highest BCUT2D eigenvalue weighted by Crippen LogP contribution is 2.31. The van der Waals surface area contributed by atoms with Gasteiger partial charge in [-0.1, -0.05) is 6.58 Å². The summed E-state index contributed by atoms with van der Waals surface area (Å²) in [6.45, 7) is 8.63. The quantitative estimate of drug-likeness (QED) is 0.326. The molecule has 0 radical (unpaired) electrons. The Bertz CT molecular complexity index is 491. The molecule has 0 aromatic rings. The molecule has 0 heterocycles. The zero-order valence-corrected chi connectivity index (χ0v) is 15.7. The molecule has 0 rings (SSSR count). The van der Waals surface area contributed by atoms with E-state index in [4.69, 9.17) is 0 Å². The van der Waals surface area contributed by atoms with Crippen LogP contribution in [0.15, 0.2) is 12.7 Å². The molecule has 0 aliphatic rings. The van der Waals surface area contributed by atoms with E-state index in [9.17, 15) is 22.0 Å². The van der Waals surface area contributed by atoms with Gasteiger partial charge in [0.1, 0.15) is 17.9 Å². The van der Waals surface area contributed by atoms with E-state index >= 15 is 0 Å². The average Bonchev–Trinajstić information content (AvgIpc) is 2.37. The van der Waals surface area contributed by atoms with Gasteiger partial charge in [-0.15, -0.1) is 0 Å². The molecule has 0 amide bonds. The highest BCUT2D eigenvalue weighted by molar-refractivity contribution is 7.89. The van der Waals surface area contributed by atoms with E-state index in [1.165, 1.54) is 27.7 Å². The molecule has 5 nitrogen and oxygen atoms in total. The molecular weight excluding hydrogens is 340 g/mol. The van der Waals surface area contributed by atoms with Crippen LogP contribution in [0.2, 0.25) is 0 Å². The van der Waals surface area contributed by atoms with Gasteiger partial charge in [-0.05, 0) is 52.9 Å². The average molecular weight is 369 g/mol. The number of sulfonamides is 1. The number of carbonyl (C=O) groups is 1. The zero-order valence-electron chi connectivity index (χ0n) is 14.9. The smallest absolute Gasteiger partial charge is 0.330 e. The first-order chi connectivity index (χ1) is 10.7. The van der Waals surface area contributed by atoms with Gasteiger partial charge in [0.05, 0.1) is 5.75 Å². The Morgan fingerprint density at radius 1 is 1.21 bits per heavy atom.